The zero-order valence-electron chi connectivity index (χ0n) is 22.6. The average molecular weight is 543 g/mol. The van der Waals surface area contributed by atoms with Gasteiger partial charge in [-0.05, 0) is 54.8 Å². The van der Waals surface area contributed by atoms with E-state index in [1.54, 1.807) is 37.4 Å². The minimum atomic E-state index is -0.681. The van der Waals surface area contributed by atoms with Gasteiger partial charge in [-0.15, -0.1) is 0 Å². The van der Waals surface area contributed by atoms with Crippen LogP contribution in [-0.4, -0.2) is 60.8 Å². The van der Waals surface area contributed by atoms with Crippen molar-refractivity contribution in [2.45, 2.75) is 50.4 Å². The number of rotatable bonds is 8. The van der Waals surface area contributed by atoms with E-state index in [9.17, 15) is 14.7 Å². The number of methoxy groups -OCH3 is 1. The van der Waals surface area contributed by atoms with Crippen molar-refractivity contribution in [2.75, 3.05) is 31.7 Å². The van der Waals surface area contributed by atoms with Crippen molar-refractivity contribution >= 4 is 17.5 Å². The molecule has 0 radical (unpaired) electrons. The van der Waals surface area contributed by atoms with Gasteiger partial charge in [-0.1, -0.05) is 48.5 Å². The molecule has 2 amide bonds. The second-order valence-electron chi connectivity index (χ2n) is 10.7. The van der Waals surface area contributed by atoms with Gasteiger partial charge in [-0.2, -0.15) is 0 Å². The smallest absolute Gasteiger partial charge is 0.266 e. The molecule has 0 spiro atoms. The highest BCUT2D eigenvalue weighted by molar-refractivity contribution is 6.34. The molecule has 6 rings (SSSR count). The van der Waals surface area contributed by atoms with Crippen LogP contribution in [0.2, 0.25) is 0 Å². The van der Waals surface area contributed by atoms with Gasteiger partial charge in [0.2, 0.25) is 0 Å². The lowest BCUT2D eigenvalue weighted by molar-refractivity contribution is -0.253. The van der Waals surface area contributed by atoms with Crippen LogP contribution in [0.1, 0.15) is 69.1 Å². The quantitative estimate of drug-likeness (QED) is 0.415. The molecular formula is C32H34N2O6. The van der Waals surface area contributed by atoms with E-state index in [0.717, 1.165) is 42.6 Å². The number of anilines is 1. The van der Waals surface area contributed by atoms with Crippen LogP contribution in [0.25, 0.3) is 0 Å². The van der Waals surface area contributed by atoms with Gasteiger partial charge in [0, 0.05) is 31.7 Å². The molecule has 4 atom stereocenters. The van der Waals surface area contributed by atoms with Gasteiger partial charge in [0.25, 0.3) is 11.8 Å². The predicted molar refractivity (Wildman–Crippen MR) is 149 cm³/mol. The maximum Gasteiger partial charge on any atom is 0.266 e. The van der Waals surface area contributed by atoms with Crippen LogP contribution in [0, 0.1) is 0 Å². The third kappa shape index (κ3) is 5.21. The molecule has 8 nitrogen and oxygen atoms in total. The number of carbonyl (C=O) groups excluding carboxylic acids is 2. The van der Waals surface area contributed by atoms with Crippen LogP contribution in [0.5, 0.6) is 0 Å². The number of nitrogens with zero attached hydrogens (tertiary/aromatic N) is 2. The van der Waals surface area contributed by atoms with Gasteiger partial charge in [0.1, 0.15) is 0 Å². The number of ether oxygens (including phenoxy) is 3. The van der Waals surface area contributed by atoms with Crippen LogP contribution in [-0.2, 0) is 20.8 Å². The fraction of sp³-hybridized carbons (Fsp3) is 0.375. The normalized spacial score (nSPS) is 25.0. The van der Waals surface area contributed by atoms with Crippen molar-refractivity contribution in [2.24, 2.45) is 0 Å². The van der Waals surface area contributed by atoms with E-state index < -0.39 is 6.29 Å². The van der Waals surface area contributed by atoms with E-state index in [1.807, 2.05) is 42.5 Å². The molecule has 2 saturated heterocycles. The van der Waals surface area contributed by atoms with Crippen molar-refractivity contribution in [3.63, 3.8) is 0 Å². The number of aliphatic hydroxyl groups is 1. The molecule has 0 saturated carbocycles. The Morgan fingerprint density at radius 1 is 0.925 bits per heavy atom. The molecule has 3 aromatic rings. The largest absolute Gasteiger partial charge is 0.392 e. The number of benzene rings is 3. The van der Waals surface area contributed by atoms with Crippen molar-refractivity contribution < 1.29 is 28.9 Å². The summed E-state index contributed by atoms with van der Waals surface area (Å²) >= 11 is 0. The number of amides is 2. The van der Waals surface area contributed by atoms with Crippen molar-refractivity contribution in [3.8, 4) is 0 Å². The van der Waals surface area contributed by atoms with Crippen LogP contribution < -0.4 is 4.90 Å². The standard InChI is InChI=1S/C32H34N2O6/c1-38-20-25-8-5-15-33(25)18-26-17-29(22-13-11-21(19-35)12-14-22)40-32(39-26)23-6-4-7-24(16-23)34-30(36)27-9-2-3-10-28(27)31(34)37/h2-4,6-7,9-14,16,25-26,29,32,35H,5,8,15,17-20H2,1H3. The predicted octanol–water partition coefficient (Wildman–Crippen LogP) is 4.64. The molecule has 0 aromatic heterocycles. The summed E-state index contributed by atoms with van der Waals surface area (Å²) in [5, 5.41) is 9.49. The maximum absolute atomic E-state index is 13.1. The topological polar surface area (TPSA) is 88.5 Å². The molecule has 3 heterocycles. The number of imide groups is 1. The summed E-state index contributed by atoms with van der Waals surface area (Å²) in [6.45, 7) is 2.45. The molecule has 4 unspecified atom stereocenters. The minimum Gasteiger partial charge on any atom is -0.392 e. The van der Waals surface area contributed by atoms with E-state index in [4.69, 9.17) is 14.2 Å². The van der Waals surface area contributed by atoms with Gasteiger partial charge in [0.05, 0.1) is 42.2 Å². The lowest BCUT2D eigenvalue weighted by Gasteiger charge is -2.39. The van der Waals surface area contributed by atoms with Crippen LogP contribution in [0.4, 0.5) is 5.69 Å². The molecule has 3 aliphatic rings. The Hall–Kier alpha value is -3.40. The van der Waals surface area contributed by atoms with Crippen molar-refractivity contribution in [3.05, 3.63) is 101 Å². The summed E-state index contributed by atoms with van der Waals surface area (Å²) in [6, 6.07) is 22.4. The van der Waals surface area contributed by atoms with Crippen LogP contribution >= 0.6 is 0 Å². The van der Waals surface area contributed by atoms with E-state index in [1.165, 1.54) is 4.90 Å². The van der Waals surface area contributed by atoms with Gasteiger partial charge < -0.3 is 19.3 Å². The van der Waals surface area contributed by atoms with E-state index >= 15 is 0 Å². The van der Waals surface area contributed by atoms with E-state index in [0.29, 0.717) is 35.9 Å². The zero-order chi connectivity index (χ0) is 27.6. The summed E-state index contributed by atoms with van der Waals surface area (Å²) in [7, 11) is 1.74. The third-order valence-corrected chi connectivity index (χ3v) is 8.11. The number of likely N-dealkylation sites (tertiary alicyclic amines) is 1. The molecular weight excluding hydrogens is 508 g/mol. The summed E-state index contributed by atoms with van der Waals surface area (Å²) < 4.78 is 18.5. The molecule has 0 aliphatic carbocycles. The monoisotopic (exact) mass is 542 g/mol. The zero-order valence-corrected chi connectivity index (χ0v) is 22.6. The second kappa shape index (κ2) is 11.6. The number of carbonyl (C=O) groups is 2. The first kappa shape index (κ1) is 26.8. The fourth-order valence-corrected chi connectivity index (χ4v) is 6.05. The lowest BCUT2D eigenvalue weighted by atomic mass is 9.99. The third-order valence-electron chi connectivity index (χ3n) is 8.11. The molecule has 3 aromatic carbocycles. The number of hydrogen-bond acceptors (Lipinski definition) is 7. The highest BCUT2D eigenvalue weighted by Gasteiger charge is 2.38. The Morgan fingerprint density at radius 3 is 2.38 bits per heavy atom. The SMILES string of the molecule is COCC1CCCN1CC1CC(c2ccc(CO)cc2)OC(c2cccc(N3C(=O)c4ccccc4C3=O)c2)O1. The van der Waals surface area contributed by atoms with Gasteiger partial charge >= 0.3 is 0 Å². The van der Waals surface area contributed by atoms with Gasteiger partial charge in [-0.25, -0.2) is 4.90 Å². The number of fused-ring (bicyclic) bond motifs is 1. The Morgan fingerprint density at radius 2 is 1.68 bits per heavy atom. The molecule has 1 N–H and O–H groups in total. The fourth-order valence-electron chi connectivity index (χ4n) is 6.05. The molecule has 40 heavy (non-hydrogen) atoms. The van der Waals surface area contributed by atoms with E-state index in [-0.39, 0.29) is 30.6 Å². The number of hydrogen-bond donors (Lipinski definition) is 1. The van der Waals surface area contributed by atoms with Crippen molar-refractivity contribution in [1.29, 1.82) is 0 Å². The summed E-state index contributed by atoms with van der Waals surface area (Å²) in [6.07, 6.45) is 1.93. The van der Waals surface area contributed by atoms with E-state index in [2.05, 4.69) is 4.90 Å². The first-order valence-corrected chi connectivity index (χ1v) is 13.9. The molecule has 0 bridgehead atoms. The molecule has 3 aliphatic heterocycles. The second-order valence-corrected chi connectivity index (χ2v) is 10.7. The first-order chi connectivity index (χ1) is 19.6. The minimum absolute atomic E-state index is 0.0133. The van der Waals surface area contributed by atoms with Crippen molar-refractivity contribution in [1.82, 2.24) is 4.90 Å². The summed E-state index contributed by atoms with van der Waals surface area (Å²) in [5.41, 5.74) is 3.91. The Bertz CT molecular complexity index is 1340. The van der Waals surface area contributed by atoms with Gasteiger partial charge in [-0.3, -0.25) is 14.5 Å². The van der Waals surface area contributed by atoms with Crippen LogP contribution in [0.15, 0.2) is 72.8 Å². The average Bonchev–Trinajstić information content (AvgIpc) is 3.54. The highest BCUT2D eigenvalue weighted by atomic mass is 16.7. The Labute approximate surface area is 234 Å². The first-order valence-electron chi connectivity index (χ1n) is 13.9. The summed E-state index contributed by atoms with van der Waals surface area (Å²) in [4.78, 5) is 29.9. The summed E-state index contributed by atoms with van der Waals surface area (Å²) in [5.74, 6) is -0.664. The molecule has 8 heteroatoms. The Kier molecular flexibility index (Phi) is 7.78. The number of aliphatic hydroxyl groups excluding tert-OH is 1. The Balaban J connectivity index is 1.27. The molecule has 2 fully saturated rings. The maximum atomic E-state index is 13.1. The lowest BCUT2D eigenvalue weighted by Crippen LogP contribution is -2.42. The highest BCUT2D eigenvalue weighted by Crippen LogP contribution is 2.40. The van der Waals surface area contributed by atoms with Gasteiger partial charge in [0.15, 0.2) is 6.29 Å². The molecule has 208 valence electrons. The van der Waals surface area contributed by atoms with Crippen LogP contribution in [0.3, 0.4) is 0 Å².